The maximum atomic E-state index is 11.3. The predicted octanol–water partition coefficient (Wildman–Crippen LogP) is 3.44. The van der Waals surface area contributed by atoms with Crippen LogP contribution in [0.2, 0.25) is 0 Å². The highest BCUT2D eigenvalue weighted by Gasteiger charge is 2.09. The topological polar surface area (TPSA) is 26.3 Å². The second-order valence-corrected chi connectivity index (χ2v) is 4.28. The molecule has 1 aromatic rings. The van der Waals surface area contributed by atoms with Crippen molar-refractivity contribution in [3.63, 3.8) is 0 Å². The van der Waals surface area contributed by atoms with Gasteiger partial charge in [-0.2, -0.15) is 0 Å². The highest BCUT2D eigenvalue weighted by Crippen LogP contribution is 2.24. The minimum absolute atomic E-state index is 0.0157. The highest BCUT2D eigenvalue weighted by atomic mass is 79.9. The molecule has 0 atom stereocenters. The monoisotopic (exact) mass is 256 g/mol. The highest BCUT2D eigenvalue weighted by molar-refractivity contribution is 9.10. The molecule has 0 unspecified atom stereocenters. The average molecular weight is 257 g/mol. The summed E-state index contributed by atoms with van der Waals surface area (Å²) in [5, 5.41) is 0. The van der Waals surface area contributed by atoms with E-state index >= 15 is 0 Å². The Bertz CT molecular complexity index is 345. The van der Waals surface area contributed by atoms with Gasteiger partial charge in [-0.05, 0) is 39.0 Å². The van der Waals surface area contributed by atoms with Gasteiger partial charge >= 0.3 is 0 Å². The molecule has 0 N–H and O–H groups in total. The molecule has 0 fully saturated rings. The van der Waals surface area contributed by atoms with Gasteiger partial charge in [0, 0.05) is 4.47 Å². The van der Waals surface area contributed by atoms with E-state index in [0.29, 0.717) is 11.3 Å². The molecule has 0 saturated carbocycles. The van der Waals surface area contributed by atoms with Gasteiger partial charge in [-0.15, -0.1) is 0 Å². The van der Waals surface area contributed by atoms with Gasteiger partial charge in [0.25, 0.3) is 0 Å². The summed E-state index contributed by atoms with van der Waals surface area (Å²) >= 11 is 3.32. The maximum absolute atomic E-state index is 11.3. The van der Waals surface area contributed by atoms with Gasteiger partial charge in [-0.3, -0.25) is 4.79 Å². The molecule has 3 heteroatoms. The maximum Gasteiger partial charge on any atom is 0.163 e. The minimum atomic E-state index is 0.0157. The normalized spacial score (nSPS) is 10.4. The Morgan fingerprint density at radius 3 is 2.57 bits per heavy atom. The zero-order chi connectivity index (χ0) is 10.7. The second-order valence-electron chi connectivity index (χ2n) is 3.36. The summed E-state index contributed by atoms with van der Waals surface area (Å²) in [7, 11) is 0. The van der Waals surface area contributed by atoms with Crippen molar-refractivity contribution in [1.82, 2.24) is 0 Å². The molecule has 14 heavy (non-hydrogen) atoms. The first-order chi connectivity index (χ1) is 6.50. The summed E-state index contributed by atoms with van der Waals surface area (Å²) < 4.78 is 6.41. The van der Waals surface area contributed by atoms with Crippen molar-refractivity contribution >= 4 is 21.7 Å². The van der Waals surface area contributed by atoms with E-state index in [9.17, 15) is 4.79 Å². The van der Waals surface area contributed by atoms with Crippen molar-refractivity contribution in [1.29, 1.82) is 0 Å². The zero-order valence-corrected chi connectivity index (χ0v) is 10.1. The van der Waals surface area contributed by atoms with E-state index < -0.39 is 0 Å². The number of hydrogen-bond acceptors (Lipinski definition) is 2. The van der Waals surface area contributed by atoms with E-state index in [2.05, 4.69) is 15.9 Å². The Morgan fingerprint density at radius 1 is 1.43 bits per heavy atom. The van der Waals surface area contributed by atoms with E-state index in [0.717, 1.165) is 4.47 Å². The Hall–Kier alpha value is -0.830. The van der Waals surface area contributed by atoms with Crippen molar-refractivity contribution in [3.8, 4) is 5.75 Å². The van der Waals surface area contributed by atoms with Crippen LogP contribution in [-0.2, 0) is 0 Å². The van der Waals surface area contributed by atoms with Crippen LogP contribution in [0, 0.1) is 0 Å². The van der Waals surface area contributed by atoms with Crippen molar-refractivity contribution in [2.45, 2.75) is 26.9 Å². The lowest BCUT2D eigenvalue weighted by Gasteiger charge is -2.12. The number of benzene rings is 1. The first-order valence-corrected chi connectivity index (χ1v) is 5.27. The Morgan fingerprint density at radius 2 is 2.07 bits per heavy atom. The fraction of sp³-hybridized carbons (Fsp3) is 0.364. The van der Waals surface area contributed by atoms with Gasteiger partial charge in [-0.1, -0.05) is 15.9 Å². The number of ketones is 1. The van der Waals surface area contributed by atoms with E-state index in [1.807, 2.05) is 19.9 Å². The lowest BCUT2D eigenvalue weighted by Crippen LogP contribution is -2.08. The van der Waals surface area contributed by atoms with E-state index in [1.165, 1.54) is 6.92 Å². The van der Waals surface area contributed by atoms with Crippen molar-refractivity contribution in [3.05, 3.63) is 28.2 Å². The first kappa shape index (κ1) is 11.2. The minimum Gasteiger partial charge on any atom is -0.490 e. The molecule has 76 valence electrons. The zero-order valence-electron chi connectivity index (χ0n) is 8.50. The molecule has 1 aromatic carbocycles. The average Bonchev–Trinajstić information content (AvgIpc) is 2.07. The summed E-state index contributed by atoms with van der Waals surface area (Å²) in [4.78, 5) is 11.3. The molecule has 0 aliphatic rings. The summed E-state index contributed by atoms with van der Waals surface area (Å²) in [5.41, 5.74) is 0.619. The number of halogens is 1. The van der Waals surface area contributed by atoms with Gasteiger partial charge in [0.1, 0.15) is 5.75 Å². The Balaban J connectivity index is 3.08. The third-order valence-corrected chi connectivity index (χ3v) is 2.18. The van der Waals surface area contributed by atoms with Crippen LogP contribution < -0.4 is 4.74 Å². The van der Waals surface area contributed by atoms with E-state index in [1.54, 1.807) is 12.1 Å². The molecule has 0 heterocycles. The molecule has 0 aliphatic heterocycles. The molecule has 0 radical (unpaired) electrons. The van der Waals surface area contributed by atoms with Gasteiger partial charge in [0.05, 0.1) is 11.7 Å². The van der Waals surface area contributed by atoms with Crippen LogP contribution in [-0.4, -0.2) is 11.9 Å². The molecule has 2 nitrogen and oxygen atoms in total. The van der Waals surface area contributed by atoms with E-state index in [4.69, 9.17) is 4.74 Å². The third-order valence-electron chi connectivity index (χ3n) is 1.68. The van der Waals surface area contributed by atoms with Crippen LogP contribution in [0.4, 0.5) is 0 Å². The van der Waals surface area contributed by atoms with Gasteiger partial charge in [0.15, 0.2) is 5.78 Å². The Kier molecular flexibility index (Phi) is 3.69. The van der Waals surface area contributed by atoms with Crippen LogP contribution in [0.15, 0.2) is 22.7 Å². The SMILES string of the molecule is CC(=O)c1cc(Br)ccc1OC(C)C. The van der Waals surface area contributed by atoms with Gasteiger partial charge in [-0.25, -0.2) is 0 Å². The summed E-state index contributed by atoms with van der Waals surface area (Å²) in [6.45, 7) is 5.41. The molecule has 1 rings (SSSR count). The smallest absolute Gasteiger partial charge is 0.163 e. The van der Waals surface area contributed by atoms with Gasteiger partial charge in [0.2, 0.25) is 0 Å². The molecular weight excluding hydrogens is 244 g/mol. The van der Waals surface area contributed by atoms with Crippen LogP contribution in [0.25, 0.3) is 0 Å². The molecule has 0 spiro atoms. The van der Waals surface area contributed by atoms with E-state index in [-0.39, 0.29) is 11.9 Å². The molecule has 0 bridgehead atoms. The molecule has 0 saturated heterocycles. The predicted molar refractivity (Wildman–Crippen MR) is 59.9 cm³/mol. The number of Topliss-reactive ketones (excluding diaryl/α,β-unsaturated/α-hetero) is 1. The number of carbonyl (C=O) groups excluding carboxylic acids is 1. The summed E-state index contributed by atoms with van der Waals surface area (Å²) in [6.07, 6.45) is 0.0780. The van der Waals surface area contributed by atoms with Crippen molar-refractivity contribution < 1.29 is 9.53 Å². The molecule has 0 amide bonds. The van der Waals surface area contributed by atoms with Crippen LogP contribution in [0.5, 0.6) is 5.75 Å². The quantitative estimate of drug-likeness (QED) is 0.775. The van der Waals surface area contributed by atoms with Crippen LogP contribution >= 0.6 is 15.9 Å². The Labute approximate surface area is 92.4 Å². The van der Waals surface area contributed by atoms with Crippen molar-refractivity contribution in [2.75, 3.05) is 0 Å². The lowest BCUT2D eigenvalue weighted by molar-refractivity contribution is 0.101. The third kappa shape index (κ3) is 2.84. The standard InChI is InChI=1S/C11H13BrO2/c1-7(2)14-11-5-4-9(12)6-10(11)8(3)13/h4-7H,1-3H3. The summed E-state index contributed by atoms with van der Waals surface area (Å²) in [6, 6.07) is 5.45. The fourth-order valence-electron chi connectivity index (χ4n) is 1.13. The lowest BCUT2D eigenvalue weighted by atomic mass is 10.1. The number of carbonyl (C=O) groups is 1. The molecular formula is C11H13BrO2. The second kappa shape index (κ2) is 4.60. The number of ether oxygens (including phenoxy) is 1. The molecule has 0 aromatic heterocycles. The number of hydrogen-bond donors (Lipinski definition) is 0. The van der Waals surface area contributed by atoms with Crippen molar-refractivity contribution in [2.24, 2.45) is 0 Å². The van der Waals surface area contributed by atoms with Crippen LogP contribution in [0.1, 0.15) is 31.1 Å². The number of rotatable bonds is 3. The fourth-order valence-corrected chi connectivity index (χ4v) is 1.50. The summed E-state index contributed by atoms with van der Waals surface area (Å²) in [5.74, 6) is 0.664. The van der Waals surface area contributed by atoms with Gasteiger partial charge < -0.3 is 4.74 Å². The first-order valence-electron chi connectivity index (χ1n) is 4.48. The largest absolute Gasteiger partial charge is 0.490 e. The van der Waals surface area contributed by atoms with Crippen LogP contribution in [0.3, 0.4) is 0 Å². The molecule has 0 aliphatic carbocycles.